The molecule has 0 unspecified atom stereocenters. The van der Waals surface area contributed by atoms with E-state index in [1.165, 1.54) is 12.1 Å². The third-order valence-corrected chi connectivity index (χ3v) is 8.06. The minimum atomic E-state index is -2.94. The van der Waals surface area contributed by atoms with E-state index in [2.05, 4.69) is 35.6 Å². The molecule has 0 saturated heterocycles. The van der Waals surface area contributed by atoms with Crippen molar-refractivity contribution in [1.82, 2.24) is 14.6 Å². The van der Waals surface area contributed by atoms with Gasteiger partial charge in [0, 0.05) is 12.1 Å². The number of nitrogens with one attached hydrogen (secondary N) is 1. The Labute approximate surface area is 183 Å². The lowest BCUT2D eigenvalue weighted by molar-refractivity contribution is 0.0973. The van der Waals surface area contributed by atoms with Crippen molar-refractivity contribution >= 4 is 37.7 Å². The summed E-state index contributed by atoms with van der Waals surface area (Å²) < 4.78 is 35.0. The molecular formula is C20H21BrFN5O2S. The monoisotopic (exact) mass is 493 g/mol. The minimum absolute atomic E-state index is 0.00885. The summed E-state index contributed by atoms with van der Waals surface area (Å²) in [6.07, 6.45) is 1.55. The van der Waals surface area contributed by atoms with E-state index in [0.717, 1.165) is 12.8 Å². The molecule has 30 heavy (non-hydrogen) atoms. The smallest absolute Gasteiger partial charge is 0.257 e. The molecule has 3 heterocycles. The highest BCUT2D eigenvalue weighted by Gasteiger charge is 2.44. The highest BCUT2D eigenvalue weighted by Crippen LogP contribution is 2.35. The number of pyridine rings is 1. The van der Waals surface area contributed by atoms with Gasteiger partial charge in [0.05, 0.1) is 12.3 Å². The Kier molecular flexibility index (Phi) is 5.63. The van der Waals surface area contributed by atoms with Gasteiger partial charge in [-0.25, -0.2) is 22.9 Å². The van der Waals surface area contributed by atoms with E-state index in [1.807, 2.05) is 6.07 Å². The molecule has 158 valence electrons. The number of carbonyl (C=O) groups excluding carboxylic acids is 1. The lowest BCUT2D eigenvalue weighted by atomic mass is 10.00. The number of carbonyl (C=O) groups is 1. The van der Waals surface area contributed by atoms with Gasteiger partial charge in [-0.2, -0.15) is 0 Å². The summed E-state index contributed by atoms with van der Waals surface area (Å²) in [6, 6.07) is 11.5. The summed E-state index contributed by atoms with van der Waals surface area (Å²) in [5, 5.41) is 2.78. The number of rotatable bonds is 2. The van der Waals surface area contributed by atoms with E-state index in [9.17, 15) is 13.4 Å². The zero-order valence-electron chi connectivity index (χ0n) is 16.3. The van der Waals surface area contributed by atoms with Crippen LogP contribution in [0.3, 0.4) is 0 Å². The number of hydrogen-bond acceptors (Lipinski definition) is 5. The molecule has 2 aliphatic rings. The number of aliphatic imine (C=N–C) groups is 1. The van der Waals surface area contributed by atoms with Crippen molar-refractivity contribution in [3.63, 3.8) is 0 Å². The normalized spacial score (nSPS) is 26.1. The molecule has 0 aliphatic carbocycles. The maximum Gasteiger partial charge on any atom is 0.257 e. The van der Waals surface area contributed by atoms with Gasteiger partial charge in [-0.05, 0) is 60.0 Å². The summed E-state index contributed by atoms with van der Waals surface area (Å²) in [7, 11) is -2.94. The molecule has 1 aromatic heterocycles. The van der Waals surface area contributed by atoms with Crippen LogP contribution < -0.4 is 5.32 Å². The third-order valence-electron chi connectivity index (χ3n) is 5.05. The van der Waals surface area contributed by atoms with Gasteiger partial charge in [0.2, 0.25) is 5.96 Å². The summed E-state index contributed by atoms with van der Waals surface area (Å²) in [5.74, 6) is -0.810. The second kappa shape index (κ2) is 8.07. The molecular weight excluding hydrogens is 473 g/mol. The zero-order chi connectivity index (χ0) is 21.4. The van der Waals surface area contributed by atoms with Crippen LogP contribution in [0.25, 0.3) is 0 Å². The Morgan fingerprint density at radius 3 is 2.77 bits per heavy atom. The molecule has 2 aliphatic heterocycles. The molecule has 0 spiro atoms. The number of fused-ring (bicyclic) bond motifs is 1. The SMILES string of the molecule is C[C@@]1(c2nc(Br)ccc2F)C[S@]2(=O)=NCCCCN2C(NC(=O)c2ccccc2)=N1. The number of aromatic nitrogens is 1. The van der Waals surface area contributed by atoms with Crippen molar-refractivity contribution in [2.75, 3.05) is 18.8 Å². The number of nitrogens with zero attached hydrogens (tertiary/aromatic N) is 4. The number of guanidine groups is 1. The Balaban J connectivity index is 1.83. The number of amides is 1. The van der Waals surface area contributed by atoms with Gasteiger partial charge in [-0.1, -0.05) is 18.2 Å². The minimum Gasteiger partial charge on any atom is -0.292 e. The molecule has 1 aromatic carbocycles. The molecule has 2 atom stereocenters. The van der Waals surface area contributed by atoms with Crippen molar-refractivity contribution in [3.05, 3.63) is 64.1 Å². The molecule has 0 fully saturated rings. The van der Waals surface area contributed by atoms with Gasteiger partial charge in [0.1, 0.15) is 31.6 Å². The van der Waals surface area contributed by atoms with E-state index in [4.69, 9.17) is 0 Å². The van der Waals surface area contributed by atoms with Crippen molar-refractivity contribution < 1.29 is 13.4 Å². The molecule has 0 bridgehead atoms. The van der Waals surface area contributed by atoms with Crippen LogP contribution in [0.15, 0.2) is 56.4 Å². The summed E-state index contributed by atoms with van der Waals surface area (Å²) in [6.45, 7) is 2.56. The zero-order valence-corrected chi connectivity index (χ0v) is 18.7. The van der Waals surface area contributed by atoms with E-state index in [-0.39, 0.29) is 23.3 Å². The van der Waals surface area contributed by atoms with E-state index in [1.54, 1.807) is 35.5 Å². The molecule has 0 radical (unpaired) electrons. The van der Waals surface area contributed by atoms with Crippen LogP contribution in [-0.4, -0.2) is 44.2 Å². The van der Waals surface area contributed by atoms with Crippen molar-refractivity contribution in [2.45, 2.75) is 25.3 Å². The summed E-state index contributed by atoms with van der Waals surface area (Å²) >= 11 is 3.27. The van der Waals surface area contributed by atoms with Crippen LogP contribution in [0.2, 0.25) is 0 Å². The van der Waals surface area contributed by atoms with E-state index < -0.39 is 21.3 Å². The quantitative estimate of drug-likeness (QED) is 0.649. The highest BCUT2D eigenvalue weighted by atomic mass is 79.9. The Hall–Kier alpha value is -2.33. The number of benzene rings is 1. The third kappa shape index (κ3) is 3.98. The Bertz CT molecular complexity index is 1130. The number of halogens is 2. The predicted molar refractivity (Wildman–Crippen MR) is 117 cm³/mol. The lowest BCUT2D eigenvalue weighted by Crippen LogP contribution is -2.55. The predicted octanol–water partition coefficient (Wildman–Crippen LogP) is 3.48. The van der Waals surface area contributed by atoms with Crippen molar-refractivity contribution in [3.8, 4) is 0 Å². The fraction of sp³-hybridized carbons (Fsp3) is 0.350. The maximum absolute atomic E-state index is 14.7. The Morgan fingerprint density at radius 2 is 2.00 bits per heavy atom. The maximum atomic E-state index is 14.7. The van der Waals surface area contributed by atoms with Gasteiger partial charge in [0.15, 0.2) is 0 Å². The first-order valence-electron chi connectivity index (χ1n) is 9.58. The first-order chi connectivity index (χ1) is 14.3. The van der Waals surface area contributed by atoms with Crippen LogP contribution in [0.4, 0.5) is 4.39 Å². The second-order valence-corrected chi connectivity index (χ2v) is 10.4. The van der Waals surface area contributed by atoms with Gasteiger partial charge >= 0.3 is 0 Å². The Morgan fingerprint density at radius 1 is 1.23 bits per heavy atom. The van der Waals surface area contributed by atoms with Crippen LogP contribution >= 0.6 is 15.9 Å². The number of hydrogen-bond donors (Lipinski definition) is 1. The average molecular weight is 494 g/mol. The van der Waals surface area contributed by atoms with Gasteiger partial charge < -0.3 is 0 Å². The van der Waals surface area contributed by atoms with Gasteiger partial charge in [0.25, 0.3) is 5.91 Å². The molecule has 0 saturated carbocycles. The molecule has 7 nitrogen and oxygen atoms in total. The van der Waals surface area contributed by atoms with E-state index in [0.29, 0.717) is 23.3 Å². The fourth-order valence-electron chi connectivity index (χ4n) is 3.61. The fourth-order valence-corrected chi connectivity index (χ4v) is 6.43. The first kappa shape index (κ1) is 20.9. The second-order valence-electron chi connectivity index (χ2n) is 7.41. The van der Waals surface area contributed by atoms with Crippen molar-refractivity contribution in [1.29, 1.82) is 0 Å². The van der Waals surface area contributed by atoms with Gasteiger partial charge in [-0.15, -0.1) is 0 Å². The standard InChI is InChI=1S/C20H21BrFN5O2S/c1-20(17-15(22)9-10-16(21)24-17)13-30(29)23-11-5-6-12-27(30)19(26-20)25-18(28)14-7-3-2-4-8-14/h2-4,7-10H,5-6,11-13H2,1H3,(H,25,26,28)/t20-,30-/m0/s1. The first-order valence-corrected chi connectivity index (χ1v) is 12.0. The molecule has 4 rings (SSSR count). The molecule has 1 amide bonds. The van der Waals surface area contributed by atoms with Crippen molar-refractivity contribution in [2.24, 2.45) is 9.36 Å². The average Bonchev–Trinajstić information content (AvgIpc) is 2.91. The summed E-state index contributed by atoms with van der Waals surface area (Å²) in [4.78, 5) is 21.7. The topological polar surface area (TPSA) is 87.0 Å². The van der Waals surface area contributed by atoms with Gasteiger partial charge in [-0.3, -0.25) is 14.4 Å². The lowest BCUT2D eigenvalue weighted by Gasteiger charge is -2.39. The molecule has 10 heteroatoms. The summed E-state index contributed by atoms with van der Waals surface area (Å²) in [5.41, 5.74) is -0.753. The molecule has 2 aromatic rings. The van der Waals surface area contributed by atoms with E-state index >= 15 is 0 Å². The van der Waals surface area contributed by atoms with Crippen LogP contribution in [0.5, 0.6) is 0 Å². The molecule has 1 N–H and O–H groups in total. The van der Waals surface area contributed by atoms with Crippen LogP contribution in [0.1, 0.15) is 35.8 Å². The van der Waals surface area contributed by atoms with Crippen LogP contribution in [0, 0.1) is 5.82 Å². The van der Waals surface area contributed by atoms with Crippen LogP contribution in [-0.2, 0) is 15.5 Å². The highest BCUT2D eigenvalue weighted by molar-refractivity contribution is 9.10. The largest absolute Gasteiger partial charge is 0.292 e.